The van der Waals surface area contributed by atoms with Crippen LogP contribution in [0.1, 0.15) is 95.0 Å². The molecule has 1 aliphatic rings. The summed E-state index contributed by atoms with van der Waals surface area (Å²) in [6.45, 7) is 8.32. The minimum absolute atomic E-state index is 0.0825. The van der Waals surface area contributed by atoms with Crippen molar-refractivity contribution in [3.63, 3.8) is 0 Å². The third-order valence-electron chi connectivity index (χ3n) is 8.26. The average Bonchev–Trinajstić information content (AvgIpc) is 3.41. The maximum Gasteiger partial charge on any atom is 0.222 e. The summed E-state index contributed by atoms with van der Waals surface area (Å²) < 4.78 is 2.16. The molecule has 8 heteroatoms. The van der Waals surface area contributed by atoms with E-state index in [4.69, 9.17) is 0 Å². The van der Waals surface area contributed by atoms with Crippen molar-refractivity contribution in [2.75, 3.05) is 25.4 Å². The molecular weight excluding hydrogens is 554 g/mol. The molecule has 232 valence electrons. The van der Waals surface area contributed by atoms with E-state index in [0.29, 0.717) is 38.9 Å². The molecule has 2 amide bonds. The van der Waals surface area contributed by atoms with Crippen molar-refractivity contribution in [2.24, 2.45) is 0 Å². The number of benzene rings is 2. The highest BCUT2D eigenvalue weighted by Gasteiger charge is 2.29. The molecule has 1 saturated heterocycles. The lowest BCUT2D eigenvalue weighted by Gasteiger charge is -2.40. The number of carbonyl (C=O) groups excluding carboxylic acids is 2. The van der Waals surface area contributed by atoms with Crippen molar-refractivity contribution in [3.05, 3.63) is 71.5 Å². The minimum atomic E-state index is 0.0825. The van der Waals surface area contributed by atoms with Gasteiger partial charge in [-0.25, -0.2) is 0 Å². The van der Waals surface area contributed by atoms with Gasteiger partial charge in [-0.05, 0) is 50.8 Å². The summed E-state index contributed by atoms with van der Waals surface area (Å²) in [4.78, 5) is 29.7. The largest absolute Gasteiger partial charge is 0.339 e. The summed E-state index contributed by atoms with van der Waals surface area (Å²) in [6.07, 6.45) is 10.8. The molecule has 3 aromatic rings. The summed E-state index contributed by atoms with van der Waals surface area (Å²) in [5.74, 6) is 2.25. The van der Waals surface area contributed by atoms with Gasteiger partial charge in [0.2, 0.25) is 11.8 Å². The van der Waals surface area contributed by atoms with Crippen LogP contribution in [-0.2, 0) is 16.0 Å². The van der Waals surface area contributed by atoms with E-state index in [9.17, 15) is 9.59 Å². The molecule has 1 atom stereocenters. The topological polar surface area (TPSA) is 71.3 Å². The molecule has 2 heterocycles. The Hall–Kier alpha value is -3.13. The highest BCUT2D eigenvalue weighted by atomic mass is 32.2. The second-order valence-corrected chi connectivity index (χ2v) is 12.9. The summed E-state index contributed by atoms with van der Waals surface area (Å²) >= 11 is 1.70. The molecule has 0 radical (unpaired) electrons. The maximum absolute atomic E-state index is 13.0. The Morgan fingerprint density at radius 3 is 2.28 bits per heavy atom. The van der Waals surface area contributed by atoms with Crippen molar-refractivity contribution in [3.8, 4) is 5.69 Å². The van der Waals surface area contributed by atoms with Crippen LogP contribution in [-0.4, -0.2) is 67.8 Å². The van der Waals surface area contributed by atoms with Crippen LogP contribution >= 0.6 is 11.8 Å². The normalized spacial score (nSPS) is 15.2. The number of unbranched alkanes of at least 4 members (excludes halogenated alkanes) is 6. The lowest BCUT2D eigenvalue weighted by molar-refractivity contribution is -0.142. The van der Waals surface area contributed by atoms with Gasteiger partial charge in [-0.1, -0.05) is 98.8 Å². The van der Waals surface area contributed by atoms with E-state index in [-0.39, 0.29) is 17.9 Å². The van der Waals surface area contributed by atoms with Gasteiger partial charge in [-0.2, -0.15) is 0 Å². The number of rotatable bonds is 16. The third-order valence-corrected chi connectivity index (χ3v) is 9.27. The Bertz CT molecular complexity index is 1280. The van der Waals surface area contributed by atoms with Gasteiger partial charge in [0.05, 0.1) is 0 Å². The van der Waals surface area contributed by atoms with Crippen LogP contribution in [0.5, 0.6) is 0 Å². The summed E-state index contributed by atoms with van der Waals surface area (Å²) in [5, 5.41) is 10.00. The lowest BCUT2D eigenvalue weighted by Crippen LogP contribution is -2.55. The highest BCUT2D eigenvalue weighted by Crippen LogP contribution is 2.25. The SMILES string of the molecule is CCCCCCCCC(=O)N1CCN(C(=O)CCCCSc2nnc(Cc3ccccc3)n2-c2ccc(C)cc2)CC1C. The van der Waals surface area contributed by atoms with Gasteiger partial charge in [-0.15, -0.1) is 10.2 Å². The van der Waals surface area contributed by atoms with Crippen LogP contribution in [0.4, 0.5) is 0 Å². The van der Waals surface area contributed by atoms with E-state index in [1.807, 2.05) is 15.9 Å². The van der Waals surface area contributed by atoms with Crippen molar-refractivity contribution >= 4 is 23.6 Å². The smallest absolute Gasteiger partial charge is 0.222 e. The molecule has 0 aliphatic carbocycles. The number of nitrogens with zero attached hydrogens (tertiary/aromatic N) is 5. The molecule has 2 aromatic carbocycles. The number of carbonyl (C=O) groups is 2. The van der Waals surface area contributed by atoms with Crippen LogP contribution in [0.3, 0.4) is 0 Å². The molecule has 0 saturated carbocycles. The Labute approximate surface area is 262 Å². The average molecular weight is 604 g/mol. The Kier molecular flexibility index (Phi) is 13.1. The Morgan fingerprint density at radius 2 is 1.53 bits per heavy atom. The maximum atomic E-state index is 13.0. The summed E-state index contributed by atoms with van der Waals surface area (Å²) in [6, 6.07) is 18.9. The fraction of sp³-hybridized carbons (Fsp3) is 0.543. The van der Waals surface area contributed by atoms with E-state index < -0.39 is 0 Å². The highest BCUT2D eigenvalue weighted by molar-refractivity contribution is 7.99. The van der Waals surface area contributed by atoms with Crippen LogP contribution in [0.15, 0.2) is 59.8 Å². The molecule has 0 bridgehead atoms. The summed E-state index contributed by atoms with van der Waals surface area (Å²) in [7, 11) is 0. The van der Waals surface area contributed by atoms with Crippen molar-refractivity contribution in [1.29, 1.82) is 0 Å². The first kappa shape index (κ1) is 32.8. The molecule has 43 heavy (non-hydrogen) atoms. The van der Waals surface area contributed by atoms with Crippen LogP contribution < -0.4 is 0 Å². The van der Waals surface area contributed by atoms with E-state index in [0.717, 1.165) is 48.1 Å². The van der Waals surface area contributed by atoms with Gasteiger partial charge in [0.1, 0.15) is 5.82 Å². The quantitative estimate of drug-likeness (QED) is 0.128. The lowest BCUT2D eigenvalue weighted by atomic mass is 10.1. The van der Waals surface area contributed by atoms with Crippen LogP contribution in [0, 0.1) is 6.92 Å². The van der Waals surface area contributed by atoms with Crippen LogP contribution in [0.25, 0.3) is 5.69 Å². The number of aryl methyl sites for hydroxylation is 1. The van der Waals surface area contributed by atoms with Gasteiger partial charge < -0.3 is 9.80 Å². The van der Waals surface area contributed by atoms with E-state index in [2.05, 4.69) is 84.1 Å². The second kappa shape index (κ2) is 17.2. The molecule has 1 aromatic heterocycles. The third kappa shape index (κ3) is 9.95. The zero-order valence-corrected chi connectivity index (χ0v) is 27.2. The molecule has 0 spiro atoms. The first-order valence-corrected chi connectivity index (χ1v) is 17.2. The fourth-order valence-corrected chi connectivity index (χ4v) is 6.66. The molecule has 0 N–H and O–H groups in total. The number of amides is 2. The van der Waals surface area contributed by atoms with Crippen molar-refractivity contribution in [1.82, 2.24) is 24.6 Å². The van der Waals surface area contributed by atoms with E-state index >= 15 is 0 Å². The minimum Gasteiger partial charge on any atom is -0.339 e. The Morgan fingerprint density at radius 1 is 0.837 bits per heavy atom. The number of thioether (sulfide) groups is 1. The molecule has 1 unspecified atom stereocenters. The first-order valence-electron chi connectivity index (χ1n) is 16.2. The van der Waals surface area contributed by atoms with Crippen molar-refractivity contribution < 1.29 is 9.59 Å². The molecule has 7 nitrogen and oxygen atoms in total. The number of hydrogen-bond acceptors (Lipinski definition) is 5. The van der Waals surface area contributed by atoms with Gasteiger partial charge in [0, 0.05) is 56.4 Å². The van der Waals surface area contributed by atoms with Gasteiger partial charge in [-0.3, -0.25) is 14.2 Å². The Balaban J connectivity index is 1.21. The zero-order chi connectivity index (χ0) is 30.4. The summed E-state index contributed by atoms with van der Waals surface area (Å²) in [5.41, 5.74) is 3.49. The standard InChI is InChI=1S/C35H49N5O2S/c1-4-5-6-7-8-12-18-34(42)39-24-23-38(27-29(39)3)33(41)17-13-14-25-43-35-37-36-32(26-30-15-10-9-11-16-30)40(35)31-21-19-28(2)20-22-31/h9-11,15-16,19-22,29H,4-8,12-14,17-18,23-27H2,1-3H3. The first-order chi connectivity index (χ1) is 21.0. The number of hydrogen-bond donors (Lipinski definition) is 0. The molecule has 4 rings (SSSR count). The van der Waals surface area contributed by atoms with Gasteiger partial charge in [0.25, 0.3) is 0 Å². The van der Waals surface area contributed by atoms with E-state index in [1.54, 1.807) is 11.8 Å². The molecular formula is C35H49N5O2S. The monoisotopic (exact) mass is 603 g/mol. The van der Waals surface area contributed by atoms with Gasteiger partial charge >= 0.3 is 0 Å². The predicted molar refractivity (Wildman–Crippen MR) is 176 cm³/mol. The predicted octanol–water partition coefficient (Wildman–Crippen LogP) is 7.24. The number of aromatic nitrogens is 3. The number of piperazine rings is 1. The molecule has 1 fully saturated rings. The second-order valence-electron chi connectivity index (χ2n) is 11.8. The fourth-order valence-electron chi connectivity index (χ4n) is 5.69. The molecule has 1 aliphatic heterocycles. The van der Waals surface area contributed by atoms with E-state index in [1.165, 1.54) is 36.8 Å². The van der Waals surface area contributed by atoms with Crippen molar-refractivity contribution in [2.45, 2.75) is 103 Å². The van der Waals surface area contributed by atoms with Gasteiger partial charge in [0.15, 0.2) is 5.16 Å². The van der Waals surface area contributed by atoms with Crippen LogP contribution in [0.2, 0.25) is 0 Å². The zero-order valence-electron chi connectivity index (χ0n) is 26.3.